The Balaban J connectivity index is 1.25. The van der Waals surface area contributed by atoms with Crippen molar-refractivity contribution in [2.45, 2.75) is 51.4 Å². The maximum absolute atomic E-state index is 12.6. The van der Waals surface area contributed by atoms with E-state index in [1.54, 1.807) is 23.6 Å². The molecule has 0 aromatic carbocycles. The molecule has 5 rings (SSSR count). The van der Waals surface area contributed by atoms with Crippen LogP contribution in [0.2, 0.25) is 0 Å². The van der Waals surface area contributed by atoms with Gasteiger partial charge in [-0.2, -0.15) is 0 Å². The second-order valence-electron chi connectivity index (χ2n) is 11.4. The fourth-order valence-corrected chi connectivity index (χ4v) is 6.50. The van der Waals surface area contributed by atoms with E-state index in [2.05, 4.69) is 40.4 Å². The maximum atomic E-state index is 12.6. The van der Waals surface area contributed by atoms with Crippen molar-refractivity contribution in [3.63, 3.8) is 0 Å². The third-order valence-corrected chi connectivity index (χ3v) is 8.27. The average molecular weight is 567 g/mol. The molecule has 3 aliphatic heterocycles. The van der Waals surface area contributed by atoms with Gasteiger partial charge < -0.3 is 25.2 Å². The monoisotopic (exact) mass is 566 g/mol. The number of anilines is 1. The van der Waals surface area contributed by atoms with Gasteiger partial charge in [-0.05, 0) is 59.0 Å². The summed E-state index contributed by atoms with van der Waals surface area (Å²) >= 11 is 1.55. The number of thiazole rings is 1. The summed E-state index contributed by atoms with van der Waals surface area (Å²) in [6.45, 7) is 9.37. The fourth-order valence-electron chi connectivity index (χ4n) is 5.68. The third-order valence-electron chi connectivity index (χ3n) is 7.38. The van der Waals surface area contributed by atoms with Gasteiger partial charge in [-0.3, -0.25) is 14.7 Å². The van der Waals surface area contributed by atoms with Gasteiger partial charge in [0.25, 0.3) is 0 Å². The molecule has 3 aliphatic rings. The van der Waals surface area contributed by atoms with Gasteiger partial charge in [0.15, 0.2) is 5.13 Å². The molecule has 1 unspecified atom stereocenters. The number of likely N-dealkylation sites (N-methyl/N-ethyl adjacent to an activating group) is 1. The van der Waals surface area contributed by atoms with E-state index in [-0.39, 0.29) is 24.2 Å². The molecule has 0 radical (unpaired) electrons. The van der Waals surface area contributed by atoms with Gasteiger partial charge >= 0.3 is 0 Å². The van der Waals surface area contributed by atoms with E-state index in [0.29, 0.717) is 5.92 Å². The van der Waals surface area contributed by atoms with Crippen molar-refractivity contribution in [3.05, 3.63) is 42.4 Å². The van der Waals surface area contributed by atoms with E-state index in [0.717, 1.165) is 85.7 Å². The standard InChI is InChI=1S/C29H42N8O2S/c1-20-17-36(18-21(2)39-20)19-22-15-25(31-23-9-13-37(14-10-23)27(38)8-6-12-35(3)4)33-26(16-22)34-29-32-24-7-5-11-30-28(24)40-29/h5-8,11,16,20-23H,9-10,12-15,17-19H2,1-4H3,(H,31,33)(H,32,34)/b8-6+/t20-,21+,22?. The minimum atomic E-state index is 0.0949. The van der Waals surface area contributed by atoms with Crippen LogP contribution in [0.3, 0.4) is 0 Å². The lowest BCUT2D eigenvalue weighted by molar-refractivity contribution is -0.127. The van der Waals surface area contributed by atoms with E-state index in [4.69, 9.17) is 14.7 Å². The summed E-state index contributed by atoms with van der Waals surface area (Å²) in [4.78, 5) is 34.3. The van der Waals surface area contributed by atoms with Crippen LogP contribution in [-0.2, 0) is 9.53 Å². The third kappa shape index (κ3) is 7.87. The summed E-state index contributed by atoms with van der Waals surface area (Å²) in [5.74, 6) is 2.33. The number of carbonyl (C=O) groups is 1. The molecule has 1 amide bonds. The van der Waals surface area contributed by atoms with Crippen molar-refractivity contribution in [3.8, 4) is 0 Å². The topological polar surface area (TPSA) is 98.2 Å². The quantitative estimate of drug-likeness (QED) is 0.471. The molecule has 2 aromatic heterocycles. The summed E-state index contributed by atoms with van der Waals surface area (Å²) < 4.78 is 5.96. The van der Waals surface area contributed by atoms with Gasteiger partial charge in [0.1, 0.15) is 22.0 Å². The number of nitrogens with zero attached hydrogens (tertiary/aromatic N) is 6. The van der Waals surface area contributed by atoms with Crippen LogP contribution in [0.4, 0.5) is 5.13 Å². The molecule has 40 heavy (non-hydrogen) atoms. The van der Waals surface area contributed by atoms with Gasteiger partial charge in [-0.25, -0.2) is 9.97 Å². The number of hydrogen-bond acceptors (Lipinski definition) is 9. The van der Waals surface area contributed by atoms with Crippen LogP contribution in [0.5, 0.6) is 0 Å². The van der Waals surface area contributed by atoms with Gasteiger partial charge in [0.05, 0.1) is 18.2 Å². The molecular formula is C29H42N8O2S. The highest BCUT2D eigenvalue weighted by molar-refractivity contribution is 7.21. The van der Waals surface area contributed by atoms with E-state index >= 15 is 0 Å². The van der Waals surface area contributed by atoms with Crippen molar-refractivity contribution in [2.24, 2.45) is 10.9 Å². The molecule has 3 atom stereocenters. The number of amides is 1. The second kappa shape index (κ2) is 13.2. The first-order chi connectivity index (χ1) is 19.3. The molecule has 2 saturated heterocycles. The second-order valence-corrected chi connectivity index (χ2v) is 12.4. The predicted molar refractivity (Wildman–Crippen MR) is 162 cm³/mol. The van der Waals surface area contributed by atoms with Crippen LogP contribution in [0.1, 0.15) is 33.1 Å². The molecular weight excluding hydrogens is 524 g/mol. The van der Waals surface area contributed by atoms with Crippen molar-refractivity contribution in [1.29, 1.82) is 0 Å². The average Bonchev–Trinajstić information content (AvgIpc) is 3.30. The zero-order valence-corrected chi connectivity index (χ0v) is 24.9. The molecule has 0 saturated carbocycles. The Morgan fingerprint density at radius 1 is 1.27 bits per heavy atom. The van der Waals surface area contributed by atoms with Gasteiger partial charge in [-0.15, -0.1) is 0 Å². The molecule has 10 nitrogen and oxygen atoms in total. The zero-order chi connectivity index (χ0) is 28.1. The number of piperidine rings is 1. The molecule has 5 heterocycles. The Bertz CT molecular complexity index is 1210. The molecule has 11 heteroatoms. The summed E-state index contributed by atoms with van der Waals surface area (Å²) in [6, 6.07) is 4.10. The zero-order valence-electron chi connectivity index (χ0n) is 24.0. The lowest BCUT2D eigenvalue weighted by Crippen LogP contribution is -2.48. The fraction of sp³-hybridized carbons (Fsp3) is 0.586. The number of likely N-dealkylation sites (tertiary alicyclic amines) is 1. The van der Waals surface area contributed by atoms with Crippen LogP contribution in [-0.4, -0.2) is 108 Å². The first kappa shape index (κ1) is 28.7. The lowest BCUT2D eigenvalue weighted by atomic mass is 9.99. The van der Waals surface area contributed by atoms with E-state index in [1.807, 2.05) is 42.1 Å². The van der Waals surface area contributed by atoms with Crippen molar-refractivity contribution < 1.29 is 9.53 Å². The minimum absolute atomic E-state index is 0.0949. The first-order valence-electron chi connectivity index (χ1n) is 14.3. The number of amidine groups is 1. The largest absolute Gasteiger partial charge is 0.373 e. The molecule has 2 fully saturated rings. The van der Waals surface area contributed by atoms with Gasteiger partial charge in [0.2, 0.25) is 5.91 Å². The Hall–Kier alpha value is -2.86. The minimum Gasteiger partial charge on any atom is -0.373 e. The Labute approximate surface area is 241 Å². The number of aromatic nitrogens is 2. The van der Waals surface area contributed by atoms with Crippen molar-refractivity contribution in [1.82, 2.24) is 30.0 Å². The number of pyridine rings is 1. The molecule has 216 valence electrons. The summed E-state index contributed by atoms with van der Waals surface area (Å²) in [5.41, 5.74) is 0.894. The number of fused-ring (bicyclic) bond motifs is 1. The Morgan fingerprint density at radius 3 is 2.77 bits per heavy atom. The van der Waals surface area contributed by atoms with Crippen LogP contribution < -0.4 is 10.6 Å². The summed E-state index contributed by atoms with van der Waals surface area (Å²) in [6.07, 6.45) is 10.8. The number of carbonyl (C=O) groups excluding carboxylic acids is 1. The van der Waals surface area contributed by atoms with Gasteiger partial charge in [0, 0.05) is 63.9 Å². The number of ether oxygens (including phenoxy) is 1. The number of morpholine rings is 1. The molecule has 0 aliphatic carbocycles. The predicted octanol–water partition coefficient (Wildman–Crippen LogP) is 3.17. The maximum Gasteiger partial charge on any atom is 0.246 e. The molecule has 2 N–H and O–H groups in total. The van der Waals surface area contributed by atoms with Crippen LogP contribution >= 0.6 is 11.3 Å². The van der Waals surface area contributed by atoms with E-state index in [9.17, 15) is 4.79 Å². The normalized spacial score (nSPS) is 26.0. The first-order valence-corrected chi connectivity index (χ1v) is 15.1. The van der Waals surface area contributed by atoms with Crippen LogP contribution in [0.25, 0.3) is 10.3 Å². The number of rotatable bonds is 8. The van der Waals surface area contributed by atoms with Crippen LogP contribution in [0.15, 0.2) is 47.4 Å². The van der Waals surface area contributed by atoms with Crippen LogP contribution in [0, 0.1) is 5.92 Å². The van der Waals surface area contributed by atoms with Crippen molar-refractivity contribution in [2.75, 3.05) is 58.7 Å². The molecule has 2 aromatic rings. The highest BCUT2D eigenvalue weighted by Crippen LogP contribution is 2.27. The Kier molecular flexibility index (Phi) is 9.46. The number of nitrogens with one attached hydrogen (secondary N) is 2. The summed E-state index contributed by atoms with van der Waals surface area (Å²) in [5, 5.41) is 7.87. The number of aliphatic imine (C=N–C) groups is 1. The van der Waals surface area contributed by atoms with Gasteiger partial charge in [-0.1, -0.05) is 17.4 Å². The molecule has 0 spiro atoms. The van der Waals surface area contributed by atoms with E-state index < -0.39 is 0 Å². The molecule has 0 bridgehead atoms. The van der Waals surface area contributed by atoms with Crippen molar-refractivity contribution >= 4 is 38.6 Å². The number of hydrogen-bond donors (Lipinski definition) is 2. The van der Waals surface area contributed by atoms with E-state index in [1.165, 1.54) is 0 Å². The lowest BCUT2D eigenvalue weighted by Gasteiger charge is -2.38. The smallest absolute Gasteiger partial charge is 0.246 e. The Morgan fingerprint density at radius 2 is 2.05 bits per heavy atom. The SMILES string of the molecule is C[C@@H]1CN(CC2C=C(Nc3nc4cccnc4s3)NC(=NC3CCN(C(=O)/C=C/CN(C)C)CC3)C2)C[C@H](C)O1. The highest BCUT2D eigenvalue weighted by atomic mass is 32.1. The highest BCUT2D eigenvalue weighted by Gasteiger charge is 2.28. The summed E-state index contributed by atoms with van der Waals surface area (Å²) in [7, 11) is 4.00.